The molecule has 1 aliphatic rings. The molecular formula is C12H12FN3S. The van der Waals surface area contributed by atoms with E-state index in [0.29, 0.717) is 11.9 Å². The van der Waals surface area contributed by atoms with Crippen molar-refractivity contribution in [2.75, 3.05) is 5.32 Å². The molecule has 1 fully saturated rings. The minimum Gasteiger partial charge on any atom is -0.358 e. The van der Waals surface area contributed by atoms with Crippen molar-refractivity contribution in [3.05, 3.63) is 29.6 Å². The number of aromatic nitrogens is 2. The Kier molecular flexibility index (Phi) is 2.55. The second kappa shape index (κ2) is 4.07. The van der Waals surface area contributed by atoms with Gasteiger partial charge in [-0.3, -0.25) is 0 Å². The van der Waals surface area contributed by atoms with Crippen molar-refractivity contribution in [2.24, 2.45) is 0 Å². The summed E-state index contributed by atoms with van der Waals surface area (Å²) in [6.45, 7) is 1.87. The molecule has 1 aliphatic carbocycles. The molecular weight excluding hydrogens is 237 g/mol. The molecule has 1 saturated carbocycles. The Labute approximate surface area is 103 Å². The Morgan fingerprint density at radius 2 is 2.24 bits per heavy atom. The van der Waals surface area contributed by atoms with E-state index in [2.05, 4.69) is 14.7 Å². The number of hydrogen-bond acceptors (Lipinski definition) is 4. The number of aryl methyl sites for hydroxylation is 1. The van der Waals surface area contributed by atoms with E-state index in [9.17, 15) is 4.39 Å². The first kappa shape index (κ1) is 10.7. The van der Waals surface area contributed by atoms with Gasteiger partial charge in [-0.1, -0.05) is 0 Å². The Bertz CT molecular complexity index is 548. The molecule has 0 amide bonds. The summed E-state index contributed by atoms with van der Waals surface area (Å²) >= 11 is 1.36. The molecule has 0 saturated heterocycles. The lowest BCUT2D eigenvalue weighted by atomic mass is 10.1. The van der Waals surface area contributed by atoms with Crippen molar-refractivity contribution in [1.29, 1.82) is 0 Å². The largest absolute Gasteiger partial charge is 0.358 e. The lowest BCUT2D eigenvalue weighted by molar-refractivity contribution is 0.627. The second-order valence-electron chi connectivity index (χ2n) is 4.30. The average Bonchev–Trinajstić information content (AvgIpc) is 2.96. The van der Waals surface area contributed by atoms with Crippen molar-refractivity contribution in [3.63, 3.8) is 0 Å². The summed E-state index contributed by atoms with van der Waals surface area (Å²) in [4.78, 5) is 4.42. The van der Waals surface area contributed by atoms with Crippen LogP contribution in [0.4, 0.5) is 9.52 Å². The number of nitrogens with zero attached hydrogens (tertiary/aromatic N) is 2. The van der Waals surface area contributed by atoms with E-state index in [1.54, 1.807) is 6.07 Å². The van der Waals surface area contributed by atoms with Gasteiger partial charge in [-0.2, -0.15) is 9.36 Å². The lowest BCUT2D eigenvalue weighted by Gasteiger charge is -2.00. The molecule has 17 heavy (non-hydrogen) atoms. The molecule has 1 heterocycles. The summed E-state index contributed by atoms with van der Waals surface area (Å²) in [5, 5.41) is 4.16. The minimum atomic E-state index is -0.224. The Morgan fingerprint density at radius 3 is 2.94 bits per heavy atom. The SMILES string of the molecule is Cc1cc(F)ccc1-c1nsc(NC2CC2)n1. The fraction of sp³-hybridized carbons (Fsp3) is 0.333. The maximum absolute atomic E-state index is 13.0. The molecule has 1 N–H and O–H groups in total. The van der Waals surface area contributed by atoms with E-state index in [4.69, 9.17) is 0 Å². The number of halogens is 1. The van der Waals surface area contributed by atoms with E-state index in [0.717, 1.165) is 16.3 Å². The van der Waals surface area contributed by atoms with E-state index in [1.165, 1.54) is 36.5 Å². The number of anilines is 1. The zero-order chi connectivity index (χ0) is 11.8. The summed E-state index contributed by atoms with van der Waals surface area (Å²) in [6, 6.07) is 5.25. The molecule has 0 aliphatic heterocycles. The lowest BCUT2D eigenvalue weighted by Crippen LogP contribution is -1.99. The number of hydrogen-bond donors (Lipinski definition) is 1. The molecule has 2 aromatic rings. The number of nitrogens with one attached hydrogen (secondary N) is 1. The van der Waals surface area contributed by atoms with Gasteiger partial charge < -0.3 is 5.32 Å². The van der Waals surface area contributed by atoms with Crippen molar-refractivity contribution >= 4 is 16.7 Å². The number of benzene rings is 1. The molecule has 3 nitrogen and oxygen atoms in total. The first-order chi connectivity index (χ1) is 8.22. The highest BCUT2D eigenvalue weighted by Crippen LogP contribution is 2.28. The van der Waals surface area contributed by atoms with Crippen LogP contribution in [-0.2, 0) is 0 Å². The molecule has 1 aromatic carbocycles. The van der Waals surface area contributed by atoms with Crippen LogP contribution in [0.1, 0.15) is 18.4 Å². The quantitative estimate of drug-likeness (QED) is 0.907. The van der Waals surface area contributed by atoms with Gasteiger partial charge in [0.05, 0.1) is 0 Å². The van der Waals surface area contributed by atoms with Gasteiger partial charge in [0.15, 0.2) is 5.82 Å². The smallest absolute Gasteiger partial charge is 0.203 e. The van der Waals surface area contributed by atoms with Gasteiger partial charge in [-0.05, 0) is 43.5 Å². The summed E-state index contributed by atoms with van der Waals surface area (Å²) in [6.07, 6.45) is 2.43. The molecule has 88 valence electrons. The first-order valence-corrected chi connectivity index (χ1v) is 6.36. The highest BCUT2D eigenvalue weighted by Gasteiger charge is 2.22. The number of rotatable bonds is 3. The molecule has 5 heteroatoms. The minimum absolute atomic E-state index is 0.224. The monoisotopic (exact) mass is 249 g/mol. The molecule has 0 bridgehead atoms. The highest BCUT2D eigenvalue weighted by molar-refractivity contribution is 7.09. The third-order valence-electron chi connectivity index (χ3n) is 2.76. The van der Waals surface area contributed by atoms with Crippen LogP contribution < -0.4 is 5.32 Å². The summed E-state index contributed by atoms with van der Waals surface area (Å²) in [5.74, 6) is 0.452. The van der Waals surface area contributed by atoms with Gasteiger partial charge in [0.2, 0.25) is 5.13 Å². The van der Waals surface area contributed by atoms with Crippen LogP contribution in [0.5, 0.6) is 0 Å². The molecule has 3 rings (SSSR count). The van der Waals surface area contributed by atoms with Gasteiger partial charge >= 0.3 is 0 Å². The van der Waals surface area contributed by atoms with Gasteiger partial charge in [0, 0.05) is 23.1 Å². The summed E-state index contributed by atoms with van der Waals surface area (Å²) < 4.78 is 17.3. The molecule has 0 radical (unpaired) electrons. The maximum atomic E-state index is 13.0. The Hall–Kier alpha value is -1.49. The van der Waals surface area contributed by atoms with E-state index >= 15 is 0 Å². The van der Waals surface area contributed by atoms with Crippen LogP contribution in [0.3, 0.4) is 0 Å². The van der Waals surface area contributed by atoms with Crippen molar-refractivity contribution in [2.45, 2.75) is 25.8 Å². The van der Waals surface area contributed by atoms with E-state index in [-0.39, 0.29) is 5.82 Å². The molecule has 0 atom stereocenters. The Morgan fingerprint density at radius 1 is 1.41 bits per heavy atom. The van der Waals surface area contributed by atoms with Crippen molar-refractivity contribution < 1.29 is 4.39 Å². The van der Waals surface area contributed by atoms with Gasteiger partial charge in [-0.25, -0.2) is 4.39 Å². The Balaban J connectivity index is 1.89. The van der Waals surface area contributed by atoms with Crippen LogP contribution in [0, 0.1) is 12.7 Å². The summed E-state index contributed by atoms with van der Waals surface area (Å²) in [7, 11) is 0. The van der Waals surface area contributed by atoms with Crippen LogP contribution in [0.15, 0.2) is 18.2 Å². The highest BCUT2D eigenvalue weighted by atomic mass is 32.1. The van der Waals surface area contributed by atoms with Gasteiger partial charge in [0.25, 0.3) is 0 Å². The predicted octanol–water partition coefficient (Wildman–Crippen LogP) is 3.23. The fourth-order valence-corrected chi connectivity index (χ4v) is 2.33. The van der Waals surface area contributed by atoms with Crippen LogP contribution in [-0.4, -0.2) is 15.4 Å². The molecule has 1 aromatic heterocycles. The topological polar surface area (TPSA) is 37.8 Å². The summed E-state index contributed by atoms with van der Waals surface area (Å²) in [5.41, 5.74) is 1.76. The van der Waals surface area contributed by atoms with Gasteiger partial charge in [-0.15, -0.1) is 0 Å². The normalized spacial score (nSPS) is 14.9. The molecule has 0 spiro atoms. The standard InChI is InChI=1S/C12H12FN3S/c1-7-6-8(13)2-5-10(7)11-15-12(17-16-11)14-9-3-4-9/h2,5-6,9H,3-4H2,1H3,(H,14,15,16). The average molecular weight is 249 g/mol. The zero-order valence-corrected chi connectivity index (χ0v) is 10.2. The molecule has 0 unspecified atom stereocenters. The van der Waals surface area contributed by atoms with Crippen molar-refractivity contribution in [1.82, 2.24) is 9.36 Å². The fourth-order valence-electron chi connectivity index (χ4n) is 1.67. The van der Waals surface area contributed by atoms with Crippen LogP contribution in [0.25, 0.3) is 11.4 Å². The second-order valence-corrected chi connectivity index (χ2v) is 5.05. The first-order valence-electron chi connectivity index (χ1n) is 5.59. The van der Waals surface area contributed by atoms with E-state index < -0.39 is 0 Å². The third-order valence-corrected chi connectivity index (χ3v) is 3.41. The zero-order valence-electron chi connectivity index (χ0n) is 9.40. The third kappa shape index (κ3) is 2.29. The van der Waals surface area contributed by atoms with Gasteiger partial charge in [0.1, 0.15) is 5.82 Å². The van der Waals surface area contributed by atoms with Crippen molar-refractivity contribution in [3.8, 4) is 11.4 Å². The maximum Gasteiger partial charge on any atom is 0.203 e. The van der Waals surface area contributed by atoms with E-state index in [1.807, 2.05) is 6.92 Å². The predicted molar refractivity (Wildman–Crippen MR) is 66.7 cm³/mol. The van der Waals surface area contributed by atoms with Crippen LogP contribution in [0.2, 0.25) is 0 Å². The van der Waals surface area contributed by atoms with Crippen LogP contribution >= 0.6 is 11.5 Å².